The van der Waals surface area contributed by atoms with Gasteiger partial charge >= 0.3 is 18.1 Å². The molecule has 692 valence electrons. The summed E-state index contributed by atoms with van der Waals surface area (Å²) < 4.78 is 64.0. The maximum atomic E-state index is 14.5. The number of anilines is 15. The molecule has 3 fully saturated rings. The third-order valence-corrected chi connectivity index (χ3v) is 24.2. The molecule has 0 aliphatic carbocycles. The van der Waals surface area contributed by atoms with E-state index >= 15 is 0 Å². The lowest BCUT2D eigenvalue weighted by Gasteiger charge is -2.37. The molecule has 0 spiro atoms. The quantitative estimate of drug-likeness (QED) is 0.0431. The molecule has 6 aliphatic heterocycles. The second-order valence-corrected chi connectivity index (χ2v) is 33.1. The Bertz CT molecular complexity index is 6120. The predicted molar refractivity (Wildman–Crippen MR) is 513 cm³/mol. The molecule has 12 aromatic rings. The van der Waals surface area contributed by atoms with Crippen LogP contribution in [0, 0.1) is 55.4 Å². The zero-order valence-electron chi connectivity index (χ0n) is 77.6. The van der Waals surface area contributed by atoms with Crippen molar-refractivity contribution in [2.24, 2.45) is 0 Å². The van der Waals surface area contributed by atoms with Gasteiger partial charge in [-0.15, -0.1) is 0 Å². The number of benzene rings is 8. The highest BCUT2D eigenvalue weighted by Crippen LogP contribution is 2.48. The molecule has 0 saturated carbocycles. The SMILES string of the molecule is COc1ccc(N2C(=O)N(c3c(C)cccc3C)Cc3cnc(Nc4cc(C)c(OCCN5CCOCC5)c(C)c4)nc32)c(OC)c1.COc1ccc(N2C(=O)N(c3c(C)cccc3C)Cc3cnc(Nc4cccc(OCCN5CCOCC5)c4)nc32)c(OC)c1.COc1ccc(N2C(=O)N(c3c(C)cccc3C)Cc3cnc(Nc4cnn(C5CCOCC5)c4)nc32)c(OC)c1. The summed E-state index contributed by atoms with van der Waals surface area (Å²) in [5.41, 5.74) is 17.0. The Morgan fingerprint density at radius 2 is 0.729 bits per heavy atom. The molecule has 0 radical (unpaired) electrons. The van der Waals surface area contributed by atoms with E-state index in [0.717, 1.165) is 199 Å². The second kappa shape index (κ2) is 41.8. The fraction of sp³-hybridized carbons (Fsp3) is 0.340. The number of nitrogens with one attached hydrogen (secondary N) is 3. The summed E-state index contributed by atoms with van der Waals surface area (Å²) in [6, 6.07) is 45.4. The van der Waals surface area contributed by atoms with Gasteiger partial charge in [0, 0.05) is 130 Å². The summed E-state index contributed by atoms with van der Waals surface area (Å²) >= 11 is 0. The van der Waals surface area contributed by atoms with Crippen molar-refractivity contribution in [2.75, 3.05) is 180 Å². The van der Waals surface area contributed by atoms with Crippen LogP contribution in [0.5, 0.6) is 46.0 Å². The van der Waals surface area contributed by atoms with E-state index in [2.05, 4.69) is 45.8 Å². The smallest absolute Gasteiger partial charge is 0.335 e. The number of hydrogen-bond donors (Lipinski definition) is 3. The first-order valence-electron chi connectivity index (χ1n) is 44.5. The van der Waals surface area contributed by atoms with Crippen molar-refractivity contribution in [2.45, 2.75) is 93.9 Å². The first kappa shape index (κ1) is 91.9. The van der Waals surface area contributed by atoms with Crippen molar-refractivity contribution in [3.63, 3.8) is 0 Å². The highest BCUT2D eigenvalue weighted by Gasteiger charge is 2.41. The van der Waals surface area contributed by atoms with Crippen LogP contribution in [-0.2, 0) is 33.8 Å². The summed E-state index contributed by atoms with van der Waals surface area (Å²) in [5.74, 6) is 7.44. The standard InChI is InChI=1S/C36H42N6O5.C34H38N6O5.C30H33N7O4/c1-23-8-7-9-24(2)32(23)41-22-27-21-37-35(39-34(27)42(36(41)43)30-11-10-29(44-5)20-31(30)45-6)38-28-18-25(3)33(26(4)19-28)47-17-14-40-12-15-46-16-13-40;1-23-7-5-8-24(2)31(23)39-22-25-21-35-33(36-26-9-6-10-28(19-26)45-18-15-38-13-16-44-17-14-38)37-32(25)40(34(39)41)29-12-11-27(42-3)20-30(29)43-4;1-19-6-5-7-20(2)27(19)35-17-21-15-31-29(33-22-16-32-36(18-22)23-10-12-41-13-11-23)34-28(21)37(30(35)38)25-9-8-24(39-3)14-26(25)40-4/h7-11,18-21H,12-17,22H2,1-6H3,(H,37,38,39);5-12,19-21H,13-18,22H2,1-4H3,(H,35,36,37);5-9,14-16,18,23H,10-13,17H2,1-4H3,(H,31,33,34). The molecule has 4 aromatic heterocycles. The van der Waals surface area contributed by atoms with Crippen LogP contribution in [0.2, 0.25) is 0 Å². The third-order valence-electron chi connectivity index (χ3n) is 24.2. The fourth-order valence-corrected chi connectivity index (χ4v) is 17.5. The van der Waals surface area contributed by atoms with Gasteiger partial charge in [-0.3, -0.25) is 29.2 Å². The van der Waals surface area contributed by atoms with Crippen LogP contribution in [-0.4, -0.2) is 202 Å². The fourth-order valence-electron chi connectivity index (χ4n) is 17.5. The number of morpholine rings is 2. The third kappa shape index (κ3) is 20.5. The van der Waals surface area contributed by atoms with Gasteiger partial charge in [-0.25, -0.2) is 44.0 Å². The van der Waals surface area contributed by atoms with Gasteiger partial charge < -0.3 is 68.1 Å². The van der Waals surface area contributed by atoms with Crippen molar-refractivity contribution in [1.82, 2.24) is 49.5 Å². The number of ether oxygens (including phenoxy) is 11. The predicted octanol–water partition coefficient (Wildman–Crippen LogP) is 18.0. The van der Waals surface area contributed by atoms with E-state index in [1.165, 1.54) is 0 Å². The molecule has 10 heterocycles. The molecule has 8 aromatic carbocycles. The van der Waals surface area contributed by atoms with Crippen LogP contribution in [0.15, 0.2) is 177 Å². The van der Waals surface area contributed by atoms with E-state index < -0.39 is 0 Å². The molecule has 6 aliphatic rings. The number of para-hydroxylation sites is 3. The van der Waals surface area contributed by atoms with E-state index in [1.807, 2.05) is 163 Å². The van der Waals surface area contributed by atoms with Crippen molar-refractivity contribution in [3.05, 3.63) is 238 Å². The van der Waals surface area contributed by atoms with E-state index in [9.17, 15) is 14.4 Å². The van der Waals surface area contributed by atoms with Crippen molar-refractivity contribution in [3.8, 4) is 46.0 Å². The number of urea groups is 3. The molecule has 3 N–H and O–H groups in total. The molecular weight excluding hydrogens is 1690 g/mol. The van der Waals surface area contributed by atoms with Gasteiger partial charge in [0.25, 0.3) is 0 Å². The van der Waals surface area contributed by atoms with Crippen LogP contribution >= 0.6 is 0 Å². The van der Waals surface area contributed by atoms with Gasteiger partial charge in [0.1, 0.15) is 59.2 Å². The Morgan fingerprint density at radius 3 is 1.11 bits per heavy atom. The maximum Gasteiger partial charge on any atom is 0.335 e. The van der Waals surface area contributed by atoms with Crippen LogP contribution < -0.4 is 83.2 Å². The van der Waals surface area contributed by atoms with Crippen molar-refractivity contribution < 1.29 is 66.5 Å². The Hall–Kier alpha value is -14.4. The van der Waals surface area contributed by atoms with Crippen LogP contribution in [0.4, 0.5) is 101 Å². The number of carbonyl (C=O) groups excluding carboxylic acids is 3. The lowest BCUT2D eigenvalue weighted by atomic mass is 10.1. The molecule has 3 saturated heterocycles. The summed E-state index contributed by atoms with van der Waals surface area (Å²) in [4.78, 5) is 86.5. The minimum absolute atomic E-state index is 0.240. The molecule has 133 heavy (non-hydrogen) atoms. The van der Waals surface area contributed by atoms with Gasteiger partial charge in [0.05, 0.1) is 141 Å². The van der Waals surface area contributed by atoms with Gasteiger partial charge in [0.2, 0.25) is 17.8 Å². The van der Waals surface area contributed by atoms with E-state index in [4.69, 9.17) is 67.1 Å². The van der Waals surface area contributed by atoms with Gasteiger partial charge in [0.15, 0.2) is 17.5 Å². The van der Waals surface area contributed by atoms with Crippen LogP contribution in [0.1, 0.15) is 80.1 Å². The number of hydrogen-bond acceptors (Lipinski definition) is 26. The highest BCUT2D eigenvalue weighted by atomic mass is 16.5. The van der Waals surface area contributed by atoms with Gasteiger partial charge in [-0.2, -0.15) is 20.1 Å². The normalized spacial score (nSPS) is 15.2. The summed E-state index contributed by atoms with van der Waals surface area (Å²) in [6.07, 6.45) is 10.9. The lowest BCUT2D eigenvalue weighted by molar-refractivity contribution is 0.0321. The van der Waals surface area contributed by atoms with E-state index in [1.54, 1.807) is 145 Å². The molecule has 33 heteroatoms. The van der Waals surface area contributed by atoms with Crippen molar-refractivity contribution in [1.29, 1.82) is 0 Å². The summed E-state index contributed by atoms with van der Waals surface area (Å²) in [7, 11) is 9.49. The number of carbonyl (C=O) groups is 3. The first-order valence-corrected chi connectivity index (χ1v) is 44.5. The summed E-state index contributed by atoms with van der Waals surface area (Å²) in [5, 5.41) is 14.5. The van der Waals surface area contributed by atoms with E-state index in [0.29, 0.717) is 126 Å². The molecule has 33 nitrogen and oxygen atoms in total. The first-order chi connectivity index (χ1) is 64.7. The maximum absolute atomic E-state index is 14.5. The van der Waals surface area contributed by atoms with Gasteiger partial charge in [-0.05, 0) is 173 Å². The Balaban J connectivity index is 0.000000146. The molecule has 0 bridgehead atoms. The minimum Gasteiger partial charge on any atom is -0.497 e. The number of amides is 6. The number of fused-ring (bicyclic) bond motifs is 3. The second-order valence-electron chi connectivity index (χ2n) is 33.1. The Kier molecular flexibility index (Phi) is 28.9. The van der Waals surface area contributed by atoms with Crippen LogP contribution in [0.3, 0.4) is 0 Å². The zero-order chi connectivity index (χ0) is 92.9. The average Bonchev–Trinajstić information content (AvgIpc) is 1.21. The number of aryl methyl sites for hydroxylation is 8. The molecule has 0 atom stereocenters. The highest BCUT2D eigenvalue weighted by molar-refractivity contribution is 6.14. The average molecular weight is 1810 g/mol. The number of aromatic nitrogens is 8. The molecule has 0 unspecified atom stereocenters. The van der Waals surface area contributed by atoms with Crippen molar-refractivity contribution >= 4 is 105 Å². The topological polar surface area (TPSA) is 310 Å². The lowest BCUT2D eigenvalue weighted by Crippen LogP contribution is -2.46. The molecule has 18 rings (SSSR count). The number of rotatable bonds is 27. The Labute approximate surface area is 774 Å². The van der Waals surface area contributed by atoms with E-state index in [-0.39, 0.29) is 18.1 Å². The number of nitrogens with zero attached hydrogens (tertiary/aromatic N) is 16. The Morgan fingerprint density at radius 1 is 0.368 bits per heavy atom. The van der Waals surface area contributed by atoms with Gasteiger partial charge in [-0.1, -0.05) is 60.7 Å². The summed E-state index contributed by atoms with van der Waals surface area (Å²) in [6.45, 7) is 28.2. The molecular formula is C100H113N19O14. The number of methoxy groups -OCH3 is 6. The monoisotopic (exact) mass is 1800 g/mol. The molecule has 6 amide bonds. The zero-order valence-corrected chi connectivity index (χ0v) is 77.6. The van der Waals surface area contributed by atoms with Crippen LogP contribution in [0.25, 0.3) is 0 Å². The minimum atomic E-state index is -0.247. The largest absolute Gasteiger partial charge is 0.497 e.